The van der Waals surface area contributed by atoms with Crippen molar-refractivity contribution in [3.05, 3.63) is 0 Å². The fourth-order valence-corrected chi connectivity index (χ4v) is 3.32. The summed E-state index contributed by atoms with van der Waals surface area (Å²) in [4.78, 5) is 57.6. The lowest BCUT2D eigenvalue weighted by Crippen LogP contribution is -2.61. The molecular weight excluding hydrogens is 408 g/mol. The van der Waals surface area contributed by atoms with Crippen molar-refractivity contribution < 1.29 is 57.1 Å². The summed E-state index contributed by atoms with van der Waals surface area (Å²) < 4.78 is 37.4. The Morgan fingerprint density at radius 2 is 1.07 bits per heavy atom. The van der Waals surface area contributed by atoms with Crippen molar-refractivity contribution in [2.75, 3.05) is 6.61 Å². The molecule has 0 amide bonds. The van der Waals surface area contributed by atoms with E-state index in [-0.39, 0.29) is 6.61 Å². The Kier molecular flexibility index (Phi) is 7.73. The maximum Gasteiger partial charge on any atom is 0.305 e. The lowest BCUT2D eigenvalue weighted by atomic mass is 9.93. The molecule has 12 nitrogen and oxygen atoms in total. The van der Waals surface area contributed by atoms with Crippen LogP contribution in [0.3, 0.4) is 0 Å². The molecule has 2 fully saturated rings. The summed E-state index contributed by atoms with van der Waals surface area (Å²) in [6, 6.07) is 0. The monoisotopic (exact) mass is 432 g/mol. The maximum absolute atomic E-state index is 11.7. The first kappa shape index (κ1) is 23.5. The standard InChI is InChI=1S/C18H24O12/c1-7(19)24-6-12-13(25-8(2)20)14(26-9(3)21)15-16(29-12)17(27-10(4)22)18(30-15)28-11(5)23/h12-18H,6H2,1-5H3/t12-,13+,14+,15-,16-,17-,18-/m1/s1. The van der Waals surface area contributed by atoms with Gasteiger partial charge in [0.15, 0.2) is 18.3 Å². The molecule has 7 atom stereocenters. The van der Waals surface area contributed by atoms with Gasteiger partial charge in [-0.15, -0.1) is 0 Å². The van der Waals surface area contributed by atoms with E-state index in [2.05, 4.69) is 0 Å². The minimum absolute atomic E-state index is 0.348. The van der Waals surface area contributed by atoms with Gasteiger partial charge in [0.25, 0.3) is 0 Å². The lowest BCUT2D eigenvalue weighted by molar-refractivity contribution is -0.247. The van der Waals surface area contributed by atoms with E-state index in [0.29, 0.717) is 0 Å². The largest absolute Gasteiger partial charge is 0.463 e. The van der Waals surface area contributed by atoms with E-state index in [1.807, 2.05) is 0 Å². The van der Waals surface area contributed by atoms with Crippen LogP contribution in [0.2, 0.25) is 0 Å². The van der Waals surface area contributed by atoms with Crippen molar-refractivity contribution in [1.29, 1.82) is 0 Å². The van der Waals surface area contributed by atoms with Gasteiger partial charge < -0.3 is 33.2 Å². The normalized spacial score (nSPS) is 32.4. The molecule has 2 aliphatic heterocycles. The molecule has 0 aromatic carbocycles. The smallest absolute Gasteiger partial charge is 0.305 e. The summed E-state index contributed by atoms with van der Waals surface area (Å²) in [5, 5.41) is 0. The Balaban J connectivity index is 2.42. The molecular formula is C18H24O12. The molecule has 0 unspecified atom stereocenters. The summed E-state index contributed by atoms with van der Waals surface area (Å²) in [5.74, 6) is -3.46. The van der Waals surface area contributed by atoms with Crippen LogP contribution in [0.25, 0.3) is 0 Å². The lowest BCUT2D eigenvalue weighted by Gasteiger charge is -2.42. The van der Waals surface area contributed by atoms with E-state index in [1.165, 1.54) is 6.92 Å². The number of fused-ring (bicyclic) bond motifs is 1. The number of hydrogen-bond donors (Lipinski definition) is 0. The molecule has 0 N–H and O–H groups in total. The fourth-order valence-electron chi connectivity index (χ4n) is 3.32. The number of carbonyl (C=O) groups excluding carboxylic acids is 5. The van der Waals surface area contributed by atoms with Gasteiger partial charge in [0.1, 0.15) is 24.9 Å². The van der Waals surface area contributed by atoms with Gasteiger partial charge in [-0.25, -0.2) is 0 Å². The zero-order valence-corrected chi connectivity index (χ0v) is 17.1. The van der Waals surface area contributed by atoms with Crippen LogP contribution in [0, 0.1) is 0 Å². The Bertz CT molecular complexity index is 703. The molecule has 2 rings (SSSR count). The molecule has 2 aliphatic rings. The molecule has 0 radical (unpaired) electrons. The van der Waals surface area contributed by atoms with Gasteiger partial charge in [-0.2, -0.15) is 0 Å². The first-order chi connectivity index (χ1) is 14.0. The number of esters is 5. The molecule has 0 aromatic rings. The van der Waals surface area contributed by atoms with Gasteiger partial charge in [-0.3, -0.25) is 24.0 Å². The van der Waals surface area contributed by atoms with E-state index in [1.54, 1.807) is 0 Å². The van der Waals surface area contributed by atoms with Gasteiger partial charge in [-0.1, -0.05) is 0 Å². The van der Waals surface area contributed by atoms with Crippen molar-refractivity contribution in [3.8, 4) is 0 Å². The molecule has 0 aliphatic carbocycles. The van der Waals surface area contributed by atoms with Crippen molar-refractivity contribution >= 4 is 29.8 Å². The number of carbonyl (C=O) groups is 5. The van der Waals surface area contributed by atoms with Gasteiger partial charge in [0.05, 0.1) is 0 Å². The van der Waals surface area contributed by atoms with Crippen molar-refractivity contribution in [3.63, 3.8) is 0 Å². The molecule has 168 valence electrons. The summed E-state index contributed by atoms with van der Waals surface area (Å²) in [5.41, 5.74) is 0. The first-order valence-corrected chi connectivity index (χ1v) is 9.12. The molecule has 12 heteroatoms. The molecule has 0 saturated carbocycles. The summed E-state index contributed by atoms with van der Waals surface area (Å²) in [7, 11) is 0. The van der Waals surface area contributed by atoms with Gasteiger partial charge in [0.2, 0.25) is 6.29 Å². The Labute approximate surface area is 172 Å². The van der Waals surface area contributed by atoms with Crippen molar-refractivity contribution in [2.45, 2.75) is 77.5 Å². The predicted octanol–water partition coefficient (Wildman–Crippen LogP) is -0.600. The highest BCUT2D eigenvalue weighted by molar-refractivity contribution is 5.68. The van der Waals surface area contributed by atoms with Gasteiger partial charge >= 0.3 is 29.8 Å². The minimum Gasteiger partial charge on any atom is -0.463 e. The van der Waals surface area contributed by atoms with Crippen LogP contribution >= 0.6 is 0 Å². The van der Waals surface area contributed by atoms with Crippen LogP contribution in [-0.2, 0) is 57.1 Å². The van der Waals surface area contributed by atoms with Crippen molar-refractivity contribution in [2.24, 2.45) is 0 Å². The third kappa shape index (κ3) is 5.89. The van der Waals surface area contributed by atoms with Crippen LogP contribution in [0.1, 0.15) is 34.6 Å². The SMILES string of the molecule is CC(=O)OC[C@H]1O[C@@H]2[C@H](O[C@@H](OC(C)=O)[C@@H]2OC(C)=O)[C@@H](OC(C)=O)[C@H]1OC(C)=O. The molecule has 0 bridgehead atoms. The highest BCUT2D eigenvalue weighted by Gasteiger charge is 2.61. The number of rotatable bonds is 6. The minimum atomic E-state index is -1.36. The van der Waals surface area contributed by atoms with E-state index in [9.17, 15) is 24.0 Å². The summed E-state index contributed by atoms with van der Waals surface area (Å²) >= 11 is 0. The molecule has 2 saturated heterocycles. The Hall–Kier alpha value is -2.73. The molecule has 30 heavy (non-hydrogen) atoms. The van der Waals surface area contributed by atoms with Crippen LogP contribution in [-0.4, -0.2) is 79.4 Å². The van der Waals surface area contributed by atoms with Crippen LogP contribution < -0.4 is 0 Å². The predicted molar refractivity (Wildman–Crippen MR) is 92.4 cm³/mol. The van der Waals surface area contributed by atoms with Crippen LogP contribution in [0.5, 0.6) is 0 Å². The summed E-state index contributed by atoms with van der Waals surface area (Å²) in [6.45, 7) is 5.37. The quantitative estimate of drug-likeness (QED) is 0.389. The average Bonchev–Trinajstić information content (AvgIpc) is 2.90. The van der Waals surface area contributed by atoms with Crippen LogP contribution in [0.15, 0.2) is 0 Å². The van der Waals surface area contributed by atoms with Gasteiger partial charge in [0, 0.05) is 34.6 Å². The van der Waals surface area contributed by atoms with E-state index in [0.717, 1.165) is 27.7 Å². The Morgan fingerprint density at radius 1 is 0.600 bits per heavy atom. The second-order valence-corrected chi connectivity index (χ2v) is 6.74. The third-order valence-electron chi connectivity index (χ3n) is 4.19. The topological polar surface area (TPSA) is 150 Å². The van der Waals surface area contributed by atoms with Crippen molar-refractivity contribution in [1.82, 2.24) is 0 Å². The molecule has 2 heterocycles. The highest BCUT2D eigenvalue weighted by Crippen LogP contribution is 2.38. The van der Waals surface area contributed by atoms with E-state index >= 15 is 0 Å². The first-order valence-electron chi connectivity index (χ1n) is 9.12. The second kappa shape index (κ2) is 9.85. The highest BCUT2D eigenvalue weighted by atomic mass is 16.8. The van der Waals surface area contributed by atoms with Gasteiger partial charge in [-0.05, 0) is 0 Å². The average molecular weight is 432 g/mol. The van der Waals surface area contributed by atoms with E-state index < -0.39 is 72.8 Å². The number of hydrogen-bond acceptors (Lipinski definition) is 12. The third-order valence-corrected chi connectivity index (χ3v) is 4.19. The zero-order valence-electron chi connectivity index (χ0n) is 17.1. The van der Waals surface area contributed by atoms with Crippen LogP contribution in [0.4, 0.5) is 0 Å². The maximum atomic E-state index is 11.7. The second-order valence-electron chi connectivity index (χ2n) is 6.74. The Morgan fingerprint density at radius 3 is 1.57 bits per heavy atom. The molecule has 0 aromatic heterocycles. The zero-order chi connectivity index (χ0) is 22.6. The summed E-state index contributed by atoms with van der Waals surface area (Å²) in [6.07, 6.45) is -8.25. The fraction of sp³-hybridized carbons (Fsp3) is 0.722. The van der Waals surface area contributed by atoms with E-state index in [4.69, 9.17) is 33.2 Å². The number of ether oxygens (including phenoxy) is 7. The molecule has 0 spiro atoms.